The van der Waals surface area contributed by atoms with Crippen LogP contribution in [-0.2, 0) is 10.0 Å². The van der Waals surface area contributed by atoms with E-state index in [9.17, 15) is 8.42 Å². The van der Waals surface area contributed by atoms with Crippen molar-refractivity contribution in [2.45, 2.75) is 24.8 Å². The molecule has 0 aromatic heterocycles. The highest BCUT2D eigenvalue weighted by molar-refractivity contribution is 7.89. The summed E-state index contributed by atoms with van der Waals surface area (Å²) in [5, 5.41) is 6.25. The summed E-state index contributed by atoms with van der Waals surface area (Å²) in [6.45, 7) is 3.65. The number of hydrogen-bond donors (Lipinski definition) is 1. The molecule has 0 aliphatic rings. The number of rotatable bonds is 3. The van der Waals surface area contributed by atoms with Crippen LogP contribution in [0.5, 0.6) is 0 Å². The molecule has 3 nitrogen and oxygen atoms in total. The molecule has 116 valence electrons. The lowest BCUT2D eigenvalue weighted by molar-refractivity contribution is 0.571. The highest BCUT2D eigenvalue weighted by Gasteiger charge is 2.20. The summed E-state index contributed by atoms with van der Waals surface area (Å²) in [4.78, 5) is 0.344. The molecule has 0 saturated heterocycles. The van der Waals surface area contributed by atoms with Gasteiger partial charge >= 0.3 is 0 Å². The Morgan fingerprint density at radius 2 is 1.35 bits per heavy atom. The van der Waals surface area contributed by atoms with E-state index in [4.69, 9.17) is 0 Å². The van der Waals surface area contributed by atoms with Crippen molar-refractivity contribution in [3.63, 3.8) is 0 Å². The molecule has 0 saturated carbocycles. The number of hydrogen-bond acceptors (Lipinski definition) is 2. The van der Waals surface area contributed by atoms with Gasteiger partial charge in [0.25, 0.3) is 0 Å². The highest BCUT2D eigenvalue weighted by atomic mass is 32.2. The van der Waals surface area contributed by atoms with E-state index in [1.165, 1.54) is 0 Å². The molecule has 4 rings (SSSR count). The summed E-state index contributed by atoms with van der Waals surface area (Å²) in [6.07, 6.45) is 0. The predicted molar refractivity (Wildman–Crippen MR) is 95.6 cm³/mol. The average molecular weight is 323 g/mol. The van der Waals surface area contributed by atoms with Gasteiger partial charge in [0.2, 0.25) is 10.0 Å². The molecular formula is C19H17NO2S. The van der Waals surface area contributed by atoms with Gasteiger partial charge in [-0.2, -0.15) is 0 Å². The molecule has 0 heterocycles. The van der Waals surface area contributed by atoms with E-state index in [1.54, 1.807) is 6.07 Å². The maximum Gasteiger partial charge on any atom is 0.241 e. The van der Waals surface area contributed by atoms with Crippen LogP contribution in [0.3, 0.4) is 0 Å². The van der Waals surface area contributed by atoms with E-state index in [0.29, 0.717) is 4.90 Å². The number of sulfonamides is 1. The third-order valence-corrected chi connectivity index (χ3v) is 5.89. The van der Waals surface area contributed by atoms with Gasteiger partial charge in [0.15, 0.2) is 0 Å². The van der Waals surface area contributed by atoms with E-state index in [1.807, 2.05) is 38.1 Å². The van der Waals surface area contributed by atoms with Gasteiger partial charge in [-0.25, -0.2) is 13.1 Å². The third-order valence-electron chi connectivity index (χ3n) is 4.17. The Hall–Kier alpha value is -2.17. The summed E-state index contributed by atoms with van der Waals surface area (Å²) < 4.78 is 28.0. The average Bonchev–Trinajstić information content (AvgIpc) is 2.51. The normalized spacial score (nSPS) is 12.8. The van der Waals surface area contributed by atoms with E-state index in [2.05, 4.69) is 29.0 Å². The maximum atomic E-state index is 12.7. The van der Waals surface area contributed by atoms with Crippen LogP contribution >= 0.6 is 0 Å². The van der Waals surface area contributed by atoms with Gasteiger partial charge in [-0.3, -0.25) is 0 Å². The van der Waals surface area contributed by atoms with Crippen molar-refractivity contribution in [1.29, 1.82) is 0 Å². The molecule has 0 amide bonds. The number of benzene rings is 4. The fourth-order valence-corrected chi connectivity index (χ4v) is 4.77. The van der Waals surface area contributed by atoms with Crippen molar-refractivity contribution in [2.24, 2.45) is 0 Å². The summed E-state index contributed by atoms with van der Waals surface area (Å²) in [5.74, 6) is 0. The van der Waals surface area contributed by atoms with Crippen LogP contribution in [-0.4, -0.2) is 14.5 Å². The summed E-state index contributed by atoms with van der Waals surface area (Å²) >= 11 is 0. The van der Waals surface area contributed by atoms with Crippen molar-refractivity contribution in [3.8, 4) is 0 Å². The standard InChI is InChI=1S/C19H17NO2S/c1-12(2)20-23(21,22)17-11-9-15-7-6-13-4-3-5-14-8-10-16(17)19(15)18(13)14/h3-12,20H,1-2H3. The molecule has 0 spiro atoms. The van der Waals surface area contributed by atoms with Gasteiger partial charge in [0.05, 0.1) is 4.90 Å². The molecule has 4 aromatic carbocycles. The lowest BCUT2D eigenvalue weighted by atomic mass is 9.94. The van der Waals surface area contributed by atoms with Crippen molar-refractivity contribution in [3.05, 3.63) is 54.6 Å². The van der Waals surface area contributed by atoms with Crippen LogP contribution in [0.15, 0.2) is 59.5 Å². The topological polar surface area (TPSA) is 46.2 Å². The minimum absolute atomic E-state index is 0.140. The zero-order valence-electron chi connectivity index (χ0n) is 13.0. The largest absolute Gasteiger partial charge is 0.241 e. The Morgan fingerprint density at radius 1 is 0.783 bits per heavy atom. The molecular weight excluding hydrogens is 306 g/mol. The molecule has 4 aromatic rings. The van der Waals surface area contributed by atoms with E-state index >= 15 is 0 Å². The lowest BCUT2D eigenvalue weighted by Gasteiger charge is -2.15. The second-order valence-corrected chi connectivity index (χ2v) is 7.88. The summed E-state index contributed by atoms with van der Waals surface area (Å²) in [6, 6.07) is 17.7. The zero-order valence-corrected chi connectivity index (χ0v) is 13.8. The first-order valence-electron chi connectivity index (χ1n) is 7.66. The van der Waals surface area contributed by atoms with Crippen LogP contribution < -0.4 is 4.72 Å². The van der Waals surface area contributed by atoms with Crippen LogP contribution in [0.1, 0.15) is 13.8 Å². The molecule has 0 bridgehead atoms. The molecule has 0 atom stereocenters. The first kappa shape index (κ1) is 14.4. The minimum Gasteiger partial charge on any atom is -0.209 e. The van der Waals surface area contributed by atoms with E-state index in [-0.39, 0.29) is 6.04 Å². The first-order chi connectivity index (χ1) is 11.0. The monoisotopic (exact) mass is 323 g/mol. The van der Waals surface area contributed by atoms with Crippen LogP contribution in [0.4, 0.5) is 0 Å². The fourth-order valence-electron chi connectivity index (χ4n) is 3.32. The van der Waals surface area contributed by atoms with Crippen molar-refractivity contribution in [2.75, 3.05) is 0 Å². The van der Waals surface area contributed by atoms with Gasteiger partial charge in [-0.1, -0.05) is 48.5 Å². The molecule has 0 unspecified atom stereocenters. The Morgan fingerprint density at radius 3 is 2.00 bits per heavy atom. The van der Waals surface area contributed by atoms with Crippen molar-refractivity contribution >= 4 is 42.3 Å². The van der Waals surface area contributed by atoms with Gasteiger partial charge in [0, 0.05) is 11.4 Å². The smallest absolute Gasteiger partial charge is 0.209 e. The van der Waals surface area contributed by atoms with Crippen LogP contribution in [0.25, 0.3) is 32.3 Å². The van der Waals surface area contributed by atoms with E-state index < -0.39 is 10.0 Å². The Kier molecular flexibility index (Phi) is 3.08. The van der Waals surface area contributed by atoms with Gasteiger partial charge < -0.3 is 0 Å². The molecule has 0 radical (unpaired) electrons. The van der Waals surface area contributed by atoms with Gasteiger partial charge in [-0.15, -0.1) is 0 Å². The lowest BCUT2D eigenvalue weighted by Crippen LogP contribution is -2.30. The zero-order chi connectivity index (χ0) is 16.2. The molecule has 1 N–H and O–H groups in total. The minimum atomic E-state index is -3.53. The quantitative estimate of drug-likeness (QED) is 0.572. The fraction of sp³-hybridized carbons (Fsp3) is 0.158. The van der Waals surface area contributed by atoms with Gasteiger partial charge in [-0.05, 0) is 46.8 Å². The Bertz CT molecular complexity index is 1110. The summed E-state index contributed by atoms with van der Waals surface area (Å²) in [7, 11) is -3.53. The molecule has 23 heavy (non-hydrogen) atoms. The van der Waals surface area contributed by atoms with Crippen LogP contribution in [0, 0.1) is 0 Å². The van der Waals surface area contributed by atoms with Crippen molar-refractivity contribution in [1.82, 2.24) is 4.72 Å². The molecule has 0 fully saturated rings. The van der Waals surface area contributed by atoms with E-state index in [0.717, 1.165) is 32.3 Å². The molecule has 0 aliphatic carbocycles. The van der Waals surface area contributed by atoms with Gasteiger partial charge in [0.1, 0.15) is 0 Å². The van der Waals surface area contributed by atoms with Crippen molar-refractivity contribution < 1.29 is 8.42 Å². The molecule has 4 heteroatoms. The SMILES string of the molecule is CC(C)NS(=O)(=O)c1ccc2ccc3cccc4ccc1c2c34. The molecule has 0 aliphatic heterocycles. The van der Waals surface area contributed by atoms with Crippen LogP contribution in [0.2, 0.25) is 0 Å². The second kappa shape index (κ2) is 4.91. The predicted octanol–water partition coefficient (Wildman–Crippen LogP) is 4.27. The maximum absolute atomic E-state index is 12.7. The second-order valence-electron chi connectivity index (χ2n) is 6.20. The highest BCUT2D eigenvalue weighted by Crippen LogP contribution is 2.37. The Labute approximate surface area is 135 Å². The third kappa shape index (κ3) is 2.18. The Balaban J connectivity index is 2.16. The first-order valence-corrected chi connectivity index (χ1v) is 9.14. The number of nitrogens with one attached hydrogen (secondary N) is 1. The summed E-state index contributed by atoms with van der Waals surface area (Å²) in [5.41, 5.74) is 0.